The fourth-order valence-electron chi connectivity index (χ4n) is 4.96. The lowest BCUT2D eigenvalue weighted by molar-refractivity contribution is -0.143. The van der Waals surface area contributed by atoms with Gasteiger partial charge in [-0.25, -0.2) is 9.59 Å². The quantitative estimate of drug-likeness (QED) is 0.520. The highest BCUT2D eigenvalue weighted by molar-refractivity contribution is 6.14. The molecule has 2 atom stereocenters. The molecule has 2 saturated heterocycles. The minimum absolute atomic E-state index is 0.272. The Hall–Kier alpha value is -2.90. The zero-order valence-electron chi connectivity index (χ0n) is 19.5. The van der Waals surface area contributed by atoms with Crippen LogP contribution in [0.4, 0.5) is 9.59 Å². The van der Waals surface area contributed by atoms with E-state index in [0.717, 1.165) is 0 Å². The molecule has 174 valence electrons. The molecule has 6 amide bonds. The monoisotopic (exact) mass is 442 g/mol. The van der Waals surface area contributed by atoms with E-state index >= 15 is 0 Å². The highest BCUT2D eigenvalue weighted by Crippen LogP contribution is 2.45. The maximum Gasteiger partial charge on any atom is 0.328 e. The first-order chi connectivity index (χ1) is 15.4. The minimum Gasteiger partial charge on any atom is -0.309 e. The molecule has 1 aromatic rings. The predicted molar refractivity (Wildman–Crippen MR) is 121 cm³/mol. The van der Waals surface area contributed by atoms with E-state index in [-0.39, 0.29) is 19.1 Å². The van der Waals surface area contributed by atoms with Gasteiger partial charge >= 0.3 is 12.1 Å². The van der Waals surface area contributed by atoms with E-state index in [1.807, 2.05) is 33.8 Å². The van der Waals surface area contributed by atoms with Gasteiger partial charge in [0.05, 0.1) is 0 Å². The standard InChI is InChI=1S/C24H34N4O4/c1-5-14-25-19(20(29)26(15-6-2)22(25)31)24(18-12-10-9-11-13-18)21(30)27(16-7-3)23(32)28(24)17-8-4/h9-13,19H,5-8,14-17H2,1-4H3/t19-,24-/m0/s1. The molecule has 0 bridgehead atoms. The number of carbonyl (C=O) groups is 4. The van der Waals surface area contributed by atoms with E-state index in [1.54, 1.807) is 24.3 Å². The van der Waals surface area contributed by atoms with Gasteiger partial charge in [-0.2, -0.15) is 0 Å². The van der Waals surface area contributed by atoms with Gasteiger partial charge in [0.25, 0.3) is 11.8 Å². The fraction of sp³-hybridized carbons (Fsp3) is 0.583. The summed E-state index contributed by atoms with van der Waals surface area (Å²) in [6.07, 6.45) is 2.49. The number of hydrogen-bond acceptors (Lipinski definition) is 4. The smallest absolute Gasteiger partial charge is 0.309 e. The number of rotatable bonds is 10. The normalized spacial score (nSPS) is 23.8. The van der Waals surface area contributed by atoms with Gasteiger partial charge in [0.1, 0.15) is 6.04 Å². The Morgan fingerprint density at radius 1 is 0.719 bits per heavy atom. The molecule has 0 radical (unpaired) electrons. The van der Waals surface area contributed by atoms with Gasteiger partial charge in [-0.15, -0.1) is 0 Å². The second-order valence-corrected chi connectivity index (χ2v) is 8.39. The van der Waals surface area contributed by atoms with Gasteiger partial charge in [0.15, 0.2) is 5.54 Å². The average molecular weight is 443 g/mol. The maximum absolute atomic E-state index is 14.1. The number of urea groups is 2. The molecule has 0 saturated carbocycles. The number of benzene rings is 1. The van der Waals surface area contributed by atoms with E-state index in [0.29, 0.717) is 44.3 Å². The van der Waals surface area contributed by atoms with Crippen molar-refractivity contribution in [3.05, 3.63) is 35.9 Å². The molecule has 32 heavy (non-hydrogen) atoms. The summed E-state index contributed by atoms with van der Waals surface area (Å²) < 4.78 is 0. The summed E-state index contributed by atoms with van der Waals surface area (Å²) in [5.74, 6) is -0.829. The third kappa shape index (κ3) is 3.45. The second-order valence-electron chi connectivity index (χ2n) is 8.39. The lowest BCUT2D eigenvalue weighted by Crippen LogP contribution is -2.62. The molecule has 2 fully saturated rings. The Morgan fingerprint density at radius 2 is 1.28 bits per heavy atom. The first-order valence-electron chi connectivity index (χ1n) is 11.7. The van der Waals surface area contributed by atoms with Crippen LogP contribution in [0.25, 0.3) is 0 Å². The van der Waals surface area contributed by atoms with Crippen molar-refractivity contribution in [2.75, 3.05) is 26.2 Å². The second kappa shape index (κ2) is 9.71. The molecular formula is C24H34N4O4. The summed E-state index contributed by atoms with van der Waals surface area (Å²) in [6.45, 7) is 8.88. The third-order valence-electron chi connectivity index (χ3n) is 6.16. The summed E-state index contributed by atoms with van der Waals surface area (Å²) in [5, 5.41) is 0. The lowest BCUT2D eigenvalue weighted by Gasteiger charge is -2.41. The number of carbonyl (C=O) groups excluding carboxylic acids is 4. The van der Waals surface area contributed by atoms with Crippen molar-refractivity contribution in [2.24, 2.45) is 0 Å². The Kier molecular flexibility index (Phi) is 7.21. The number of hydrogen-bond donors (Lipinski definition) is 0. The molecule has 0 unspecified atom stereocenters. The molecule has 1 aromatic carbocycles. The topological polar surface area (TPSA) is 81.2 Å². The Balaban J connectivity index is 2.30. The van der Waals surface area contributed by atoms with Crippen LogP contribution in [0, 0.1) is 0 Å². The Labute approximate surface area is 190 Å². The van der Waals surface area contributed by atoms with Crippen molar-refractivity contribution < 1.29 is 19.2 Å². The number of nitrogens with zero attached hydrogens (tertiary/aromatic N) is 4. The van der Waals surface area contributed by atoms with Gasteiger partial charge in [-0.05, 0) is 31.2 Å². The molecule has 0 spiro atoms. The maximum atomic E-state index is 14.1. The van der Waals surface area contributed by atoms with E-state index in [2.05, 4.69) is 0 Å². The summed E-state index contributed by atoms with van der Waals surface area (Å²) in [5.41, 5.74) is -1.01. The van der Waals surface area contributed by atoms with Crippen molar-refractivity contribution in [3.8, 4) is 0 Å². The van der Waals surface area contributed by atoms with Crippen LogP contribution in [0.2, 0.25) is 0 Å². The Bertz CT molecular complexity index is 874. The van der Waals surface area contributed by atoms with Crippen molar-refractivity contribution in [3.63, 3.8) is 0 Å². The van der Waals surface area contributed by atoms with Crippen LogP contribution in [0.15, 0.2) is 30.3 Å². The van der Waals surface area contributed by atoms with Crippen LogP contribution in [0.3, 0.4) is 0 Å². The zero-order chi connectivity index (χ0) is 23.5. The van der Waals surface area contributed by atoms with Crippen LogP contribution in [-0.2, 0) is 15.1 Å². The van der Waals surface area contributed by atoms with Gasteiger partial charge in [-0.1, -0.05) is 58.0 Å². The molecule has 8 heteroatoms. The highest BCUT2D eigenvalue weighted by atomic mass is 16.2. The molecule has 2 aliphatic heterocycles. The molecule has 2 heterocycles. The van der Waals surface area contributed by atoms with Crippen molar-refractivity contribution in [1.29, 1.82) is 0 Å². The number of imide groups is 2. The predicted octanol–water partition coefficient (Wildman–Crippen LogP) is 3.42. The summed E-state index contributed by atoms with van der Waals surface area (Å²) >= 11 is 0. The van der Waals surface area contributed by atoms with Crippen molar-refractivity contribution in [1.82, 2.24) is 19.6 Å². The molecule has 8 nitrogen and oxygen atoms in total. The largest absolute Gasteiger partial charge is 0.328 e. The Morgan fingerprint density at radius 3 is 1.84 bits per heavy atom. The zero-order valence-corrected chi connectivity index (χ0v) is 19.5. The first-order valence-corrected chi connectivity index (χ1v) is 11.7. The molecule has 0 N–H and O–H groups in total. The fourth-order valence-corrected chi connectivity index (χ4v) is 4.96. The minimum atomic E-state index is -1.58. The van der Waals surface area contributed by atoms with Crippen LogP contribution in [0.5, 0.6) is 0 Å². The van der Waals surface area contributed by atoms with E-state index < -0.39 is 29.4 Å². The highest BCUT2D eigenvalue weighted by Gasteiger charge is 2.68. The van der Waals surface area contributed by atoms with Gasteiger partial charge < -0.3 is 9.80 Å². The van der Waals surface area contributed by atoms with E-state index in [4.69, 9.17) is 0 Å². The first kappa shape index (κ1) is 23.8. The van der Waals surface area contributed by atoms with Gasteiger partial charge in [0.2, 0.25) is 0 Å². The molecular weight excluding hydrogens is 408 g/mol. The van der Waals surface area contributed by atoms with Crippen LogP contribution in [0.1, 0.15) is 58.9 Å². The third-order valence-corrected chi connectivity index (χ3v) is 6.16. The average Bonchev–Trinajstić information content (AvgIpc) is 3.14. The molecule has 3 rings (SSSR count). The van der Waals surface area contributed by atoms with E-state index in [1.165, 1.54) is 19.6 Å². The van der Waals surface area contributed by atoms with Crippen LogP contribution < -0.4 is 0 Å². The van der Waals surface area contributed by atoms with Gasteiger partial charge in [0, 0.05) is 26.2 Å². The SMILES string of the molecule is CCCN1C(=O)[C@@H]([C@@]2(c3ccccc3)C(=O)N(CCC)C(=O)N2CCC)N(CCC)C1=O. The van der Waals surface area contributed by atoms with Gasteiger partial charge in [-0.3, -0.25) is 19.4 Å². The lowest BCUT2D eigenvalue weighted by atomic mass is 9.79. The molecule has 0 aliphatic carbocycles. The van der Waals surface area contributed by atoms with Crippen LogP contribution >= 0.6 is 0 Å². The summed E-state index contributed by atoms with van der Waals surface area (Å²) in [4.78, 5) is 60.2. The summed E-state index contributed by atoms with van der Waals surface area (Å²) in [7, 11) is 0. The van der Waals surface area contributed by atoms with Crippen LogP contribution in [-0.4, -0.2) is 75.7 Å². The molecule has 0 aromatic heterocycles. The summed E-state index contributed by atoms with van der Waals surface area (Å²) in [6, 6.07) is 7.14. The molecule has 2 aliphatic rings. The number of amides is 6. The van der Waals surface area contributed by atoms with E-state index in [9.17, 15) is 19.2 Å². The van der Waals surface area contributed by atoms with Crippen molar-refractivity contribution in [2.45, 2.75) is 65.0 Å². The van der Waals surface area contributed by atoms with Crippen molar-refractivity contribution >= 4 is 23.9 Å².